The molecule has 1 aromatic heterocycles. The molecule has 0 aliphatic carbocycles. The van der Waals surface area contributed by atoms with Gasteiger partial charge in [-0.25, -0.2) is 5.10 Å². The van der Waals surface area contributed by atoms with Crippen molar-refractivity contribution in [1.29, 1.82) is 0 Å². The Bertz CT molecular complexity index is 632. The maximum atomic E-state index is 12.9. The molecule has 3 nitrogen and oxygen atoms in total. The van der Waals surface area contributed by atoms with Crippen LogP contribution >= 0.6 is 0 Å². The smallest absolute Gasteiger partial charge is 0.268 e. The first-order valence-corrected chi connectivity index (χ1v) is 5.12. The van der Waals surface area contributed by atoms with Crippen LogP contribution in [-0.2, 0) is 6.18 Å². The van der Waals surface area contributed by atoms with Gasteiger partial charge >= 0.3 is 6.18 Å². The predicted octanol–water partition coefficient (Wildman–Crippen LogP) is 2.76. The van der Waals surface area contributed by atoms with Crippen molar-refractivity contribution in [2.75, 3.05) is 0 Å². The first-order chi connectivity index (χ1) is 8.39. The fourth-order valence-electron chi connectivity index (χ4n) is 1.70. The van der Waals surface area contributed by atoms with Gasteiger partial charge in [-0.15, -0.1) is 0 Å². The number of aromatic nitrogens is 2. The van der Waals surface area contributed by atoms with Crippen LogP contribution < -0.4 is 5.56 Å². The molecule has 2 rings (SSSR count). The van der Waals surface area contributed by atoms with Crippen molar-refractivity contribution in [3.63, 3.8) is 0 Å². The Morgan fingerprint density at radius 1 is 1.17 bits per heavy atom. The van der Waals surface area contributed by atoms with E-state index < -0.39 is 17.3 Å². The summed E-state index contributed by atoms with van der Waals surface area (Å²) in [4.78, 5) is 11.2. The van der Waals surface area contributed by atoms with E-state index in [0.717, 1.165) is 12.1 Å². The second-order valence-electron chi connectivity index (χ2n) is 3.77. The van der Waals surface area contributed by atoms with Crippen molar-refractivity contribution in [2.45, 2.75) is 13.1 Å². The Hall–Kier alpha value is -2.11. The highest BCUT2D eigenvalue weighted by Crippen LogP contribution is 2.37. The summed E-state index contributed by atoms with van der Waals surface area (Å²) in [7, 11) is 0. The molecule has 0 fully saturated rings. The summed E-state index contributed by atoms with van der Waals surface area (Å²) < 4.78 is 38.6. The zero-order chi connectivity index (χ0) is 13.3. The minimum atomic E-state index is -4.47. The molecule has 94 valence electrons. The minimum absolute atomic E-state index is 0.0406. The van der Waals surface area contributed by atoms with Crippen molar-refractivity contribution in [1.82, 2.24) is 10.2 Å². The number of halogens is 3. The van der Waals surface area contributed by atoms with E-state index >= 15 is 0 Å². The van der Waals surface area contributed by atoms with Gasteiger partial charge in [0, 0.05) is 11.6 Å². The van der Waals surface area contributed by atoms with Crippen LogP contribution in [0, 0.1) is 6.92 Å². The quantitative estimate of drug-likeness (QED) is 0.850. The number of nitrogens with zero attached hydrogens (tertiary/aromatic N) is 1. The first kappa shape index (κ1) is 12.3. The van der Waals surface area contributed by atoms with Gasteiger partial charge in [0.15, 0.2) is 0 Å². The average molecular weight is 254 g/mol. The number of benzene rings is 1. The highest BCUT2D eigenvalue weighted by atomic mass is 19.4. The van der Waals surface area contributed by atoms with Gasteiger partial charge in [0.05, 0.1) is 11.3 Å². The van der Waals surface area contributed by atoms with E-state index in [1.54, 1.807) is 6.92 Å². The molecule has 0 atom stereocenters. The van der Waals surface area contributed by atoms with Gasteiger partial charge in [-0.1, -0.05) is 18.2 Å². The lowest BCUT2D eigenvalue weighted by Crippen LogP contribution is -2.11. The van der Waals surface area contributed by atoms with Crippen molar-refractivity contribution >= 4 is 0 Å². The molecule has 0 saturated carbocycles. The molecule has 2 aromatic rings. The van der Waals surface area contributed by atoms with Crippen LogP contribution in [0.3, 0.4) is 0 Å². The molecule has 18 heavy (non-hydrogen) atoms. The summed E-state index contributed by atoms with van der Waals surface area (Å²) in [6.07, 6.45) is -4.47. The molecule has 1 heterocycles. The SMILES string of the molecule is Cc1n[nH]c(=O)cc1-c1ccccc1C(F)(F)F. The standard InChI is InChI=1S/C12H9F3N2O/c1-7-9(6-11(18)17-16-7)8-4-2-3-5-10(8)12(13,14)15/h2-6H,1H3,(H,17,18). The molecule has 0 amide bonds. The molecule has 0 bridgehead atoms. The van der Waals surface area contributed by atoms with Crippen molar-refractivity contribution in [3.8, 4) is 11.1 Å². The lowest BCUT2D eigenvalue weighted by molar-refractivity contribution is -0.137. The van der Waals surface area contributed by atoms with E-state index in [2.05, 4.69) is 10.2 Å². The summed E-state index contributed by atoms with van der Waals surface area (Å²) in [5, 5.41) is 5.85. The zero-order valence-corrected chi connectivity index (χ0v) is 9.38. The maximum absolute atomic E-state index is 12.9. The predicted molar refractivity (Wildman–Crippen MR) is 60.0 cm³/mol. The maximum Gasteiger partial charge on any atom is 0.417 e. The second kappa shape index (κ2) is 4.29. The van der Waals surface area contributed by atoms with Gasteiger partial charge in [-0.2, -0.15) is 18.3 Å². The molecule has 6 heteroatoms. The third-order valence-corrected chi connectivity index (χ3v) is 2.52. The van der Waals surface area contributed by atoms with Crippen LogP contribution in [0.15, 0.2) is 35.1 Å². The number of hydrogen-bond donors (Lipinski definition) is 1. The Morgan fingerprint density at radius 2 is 1.83 bits per heavy atom. The summed E-state index contributed by atoms with van der Waals surface area (Å²) in [5.74, 6) is 0. The van der Waals surface area contributed by atoms with E-state index in [1.165, 1.54) is 18.2 Å². The molecule has 0 radical (unpaired) electrons. The summed E-state index contributed by atoms with van der Waals surface area (Å²) in [6, 6.07) is 6.22. The lowest BCUT2D eigenvalue weighted by atomic mass is 9.99. The molecule has 0 aliphatic rings. The Morgan fingerprint density at radius 3 is 2.50 bits per heavy atom. The highest BCUT2D eigenvalue weighted by Gasteiger charge is 2.33. The van der Waals surface area contributed by atoms with Crippen LogP contribution in [0.5, 0.6) is 0 Å². The van der Waals surface area contributed by atoms with Crippen LogP contribution in [0.2, 0.25) is 0 Å². The molecule has 0 unspecified atom stereocenters. The number of aromatic amines is 1. The number of H-pyrrole nitrogens is 1. The Labute approximate surface area is 100 Å². The average Bonchev–Trinajstić information content (AvgIpc) is 2.31. The zero-order valence-electron chi connectivity index (χ0n) is 9.38. The highest BCUT2D eigenvalue weighted by molar-refractivity contribution is 5.69. The number of hydrogen-bond acceptors (Lipinski definition) is 2. The van der Waals surface area contributed by atoms with Crippen LogP contribution in [-0.4, -0.2) is 10.2 Å². The van der Waals surface area contributed by atoms with E-state index in [9.17, 15) is 18.0 Å². The Kier molecular flexibility index (Phi) is 2.94. The Balaban J connectivity index is 2.72. The van der Waals surface area contributed by atoms with E-state index in [1.807, 2.05) is 0 Å². The third kappa shape index (κ3) is 2.27. The number of alkyl halides is 3. The van der Waals surface area contributed by atoms with Crippen molar-refractivity contribution in [3.05, 3.63) is 51.9 Å². The van der Waals surface area contributed by atoms with E-state index in [0.29, 0.717) is 5.69 Å². The van der Waals surface area contributed by atoms with E-state index in [4.69, 9.17) is 0 Å². The van der Waals surface area contributed by atoms with Crippen LogP contribution in [0.25, 0.3) is 11.1 Å². The van der Waals surface area contributed by atoms with E-state index in [-0.39, 0.29) is 11.1 Å². The van der Waals surface area contributed by atoms with Gasteiger partial charge in [0.1, 0.15) is 0 Å². The molecule has 1 N–H and O–H groups in total. The number of aryl methyl sites for hydroxylation is 1. The fraction of sp³-hybridized carbons (Fsp3) is 0.167. The minimum Gasteiger partial charge on any atom is -0.268 e. The van der Waals surface area contributed by atoms with Gasteiger partial charge in [-0.3, -0.25) is 4.79 Å². The normalized spacial score (nSPS) is 11.6. The van der Waals surface area contributed by atoms with Crippen LogP contribution in [0.4, 0.5) is 13.2 Å². The monoisotopic (exact) mass is 254 g/mol. The molecule has 1 aromatic carbocycles. The lowest BCUT2D eigenvalue weighted by Gasteiger charge is -2.13. The van der Waals surface area contributed by atoms with Gasteiger partial charge in [-0.05, 0) is 18.6 Å². The van der Waals surface area contributed by atoms with Gasteiger partial charge in [0.2, 0.25) is 0 Å². The van der Waals surface area contributed by atoms with Crippen LogP contribution in [0.1, 0.15) is 11.3 Å². The van der Waals surface area contributed by atoms with Gasteiger partial charge < -0.3 is 0 Å². The molecule has 0 spiro atoms. The van der Waals surface area contributed by atoms with Gasteiger partial charge in [0.25, 0.3) is 5.56 Å². The number of rotatable bonds is 1. The third-order valence-electron chi connectivity index (χ3n) is 2.52. The largest absolute Gasteiger partial charge is 0.417 e. The number of nitrogens with one attached hydrogen (secondary N) is 1. The summed E-state index contributed by atoms with van der Waals surface area (Å²) >= 11 is 0. The fourth-order valence-corrected chi connectivity index (χ4v) is 1.70. The second-order valence-corrected chi connectivity index (χ2v) is 3.77. The molecule has 0 saturated heterocycles. The summed E-state index contributed by atoms with van der Waals surface area (Å²) in [6.45, 7) is 1.54. The topological polar surface area (TPSA) is 45.8 Å². The molecular formula is C12H9F3N2O. The molecular weight excluding hydrogens is 245 g/mol. The first-order valence-electron chi connectivity index (χ1n) is 5.12. The van der Waals surface area contributed by atoms with Crippen molar-refractivity contribution < 1.29 is 13.2 Å². The molecule has 0 aliphatic heterocycles. The summed E-state index contributed by atoms with van der Waals surface area (Å²) in [5.41, 5.74) is -0.827. The van der Waals surface area contributed by atoms with Crippen molar-refractivity contribution in [2.24, 2.45) is 0 Å².